The van der Waals surface area contributed by atoms with Crippen LogP contribution in [0.4, 0.5) is 0 Å². The van der Waals surface area contributed by atoms with E-state index in [1.807, 2.05) is 0 Å². The lowest BCUT2D eigenvalue weighted by molar-refractivity contribution is -0.161. The van der Waals surface area contributed by atoms with E-state index in [9.17, 15) is 43.2 Å². The van der Waals surface area contributed by atoms with Gasteiger partial charge in [-0.2, -0.15) is 0 Å². The maximum absolute atomic E-state index is 13.1. The molecule has 570 valence electrons. The van der Waals surface area contributed by atoms with Crippen molar-refractivity contribution in [1.82, 2.24) is 0 Å². The third kappa shape index (κ3) is 69.2. The first kappa shape index (κ1) is 94.1. The number of carbonyl (C=O) groups is 4. The number of aliphatic hydroxyl groups is 1. The van der Waals surface area contributed by atoms with Crippen LogP contribution in [-0.2, 0) is 65.4 Å². The molecule has 0 aliphatic heterocycles. The second kappa shape index (κ2) is 66.3. The van der Waals surface area contributed by atoms with Crippen LogP contribution in [0.25, 0.3) is 0 Å². The van der Waals surface area contributed by atoms with Crippen LogP contribution in [0.15, 0.2) is 0 Å². The number of ether oxygens (including phenoxy) is 4. The monoisotopic (exact) mass is 1410 g/mol. The summed E-state index contributed by atoms with van der Waals surface area (Å²) in [7, 11) is -9.91. The Labute approximate surface area is 588 Å². The van der Waals surface area contributed by atoms with Crippen LogP contribution in [0.5, 0.6) is 0 Å². The smallest absolute Gasteiger partial charge is 0.462 e. The molecule has 96 heavy (non-hydrogen) atoms. The van der Waals surface area contributed by atoms with E-state index in [2.05, 4.69) is 55.4 Å². The molecular weight excluding hydrogens is 1260 g/mol. The normalized spacial score (nSPS) is 14.4. The molecule has 0 aromatic carbocycles. The van der Waals surface area contributed by atoms with Crippen molar-refractivity contribution in [1.29, 1.82) is 0 Å². The number of carbonyl (C=O) groups excluding carboxylic acids is 4. The van der Waals surface area contributed by atoms with Crippen molar-refractivity contribution in [3.05, 3.63) is 0 Å². The standard InChI is InChI=1S/C77H150O17P2/c1-9-70(8)56-48-40-30-26-22-18-14-12-10-11-13-15-19-23-27-31-43-51-59-76(81)93-72(63-87-74(79)57-49-41-35-33-38-46-54-68(4)5)65-91-95(83,84)89-61-71(78)62-90-96(85,86)92-66-73(64-88-75(80)58-50-42-36-34-39-47-55-69(6)7)94-77(82)60-52-44-32-28-24-20-16-17-21-25-29-37-45-53-67(2)3/h67-73,78H,9-66H2,1-8H3,(H,83,84)(H,85,86)/t70?,71-,72-,73-/m1/s1. The van der Waals surface area contributed by atoms with Gasteiger partial charge in [0, 0.05) is 25.7 Å². The van der Waals surface area contributed by atoms with E-state index in [1.165, 1.54) is 180 Å². The van der Waals surface area contributed by atoms with Gasteiger partial charge in [-0.25, -0.2) is 9.13 Å². The molecule has 0 heterocycles. The fourth-order valence-electron chi connectivity index (χ4n) is 11.7. The van der Waals surface area contributed by atoms with Gasteiger partial charge in [-0.1, -0.05) is 338 Å². The van der Waals surface area contributed by atoms with Crippen LogP contribution >= 0.6 is 15.6 Å². The Balaban J connectivity index is 5.13. The van der Waals surface area contributed by atoms with Crippen LogP contribution in [0.2, 0.25) is 0 Å². The lowest BCUT2D eigenvalue weighted by atomic mass is 9.99. The summed E-state index contributed by atoms with van der Waals surface area (Å²) in [5.74, 6) is 0.891. The SMILES string of the molecule is CCC(C)CCCCCCCCCCCCCCCCCCCCC(=O)O[C@H](COC(=O)CCCCCCCCC(C)C)COP(=O)(O)OC[C@@H](O)COP(=O)(O)OC[C@@H](COC(=O)CCCCCCCCC(C)C)OC(=O)CCCCCCCCCCCCCCCC(C)C. The average molecular weight is 1410 g/mol. The fourth-order valence-corrected chi connectivity index (χ4v) is 13.3. The molecule has 3 unspecified atom stereocenters. The predicted octanol–water partition coefficient (Wildman–Crippen LogP) is 22.4. The fraction of sp³-hybridized carbons (Fsp3) is 0.948. The summed E-state index contributed by atoms with van der Waals surface area (Å²) in [5.41, 5.74) is 0. The van der Waals surface area contributed by atoms with Crippen molar-refractivity contribution >= 4 is 39.5 Å². The highest BCUT2D eigenvalue weighted by atomic mass is 31.2. The summed E-state index contributed by atoms with van der Waals surface area (Å²) >= 11 is 0. The molecule has 0 amide bonds. The average Bonchev–Trinajstić information content (AvgIpc) is 2.05. The molecule has 0 bridgehead atoms. The summed E-state index contributed by atoms with van der Waals surface area (Å²) in [5, 5.41) is 10.6. The van der Waals surface area contributed by atoms with Gasteiger partial charge in [-0.05, 0) is 49.4 Å². The number of unbranched alkanes of at least 4 members (excludes halogenated alkanes) is 39. The van der Waals surface area contributed by atoms with Gasteiger partial charge in [0.15, 0.2) is 12.2 Å². The highest BCUT2D eigenvalue weighted by molar-refractivity contribution is 7.47. The molecule has 0 aromatic rings. The molecule has 0 radical (unpaired) electrons. The van der Waals surface area contributed by atoms with Gasteiger partial charge in [-0.15, -0.1) is 0 Å². The number of hydrogen-bond donors (Lipinski definition) is 3. The minimum atomic E-state index is -4.96. The summed E-state index contributed by atoms with van der Waals surface area (Å²) in [6.45, 7) is 14.1. The third-order valence-electron chi connectivity index (χ3n) is 18.2. The van der Waals surface area contributed by atoms with E-state index < -0.39 is 97.5 Å². The number of aliphatic hydroxyl groups excluding tert-OH is 1. The molecule has 0 saturated carbocycles. The maximum Gasteiger partial charge on any atom is 0.472 e. The molecule has 0 spiro atoms. The van der Waals surface area contributed by atoms with Gasteiger partial charge in [0.1, 0.15) is 19.3 Å². The van der Waals surface area contributed by atoms with Gasteiger partial charge < -0.3 is 33.8 Å². The van der Waals surface area contributed by atoms with E-state index in [0.29, 0.717) is 37.5 Å². The quantitative estimate of drug-likeness (QED) is 0.0222. The summed E-state index contributed by atoms with van der Waals surface area (Å²) in [6.07, 6.45) is 51.8. The first-order valence-corrected chi connectivity index (χ1v) is 42.7. The molecule has 0 aliphatic rings. The molecule has 3 N–H and O–H groups in total. The molecule has 6 atom stereocenters. The van der Waals surface area contributed by atoms with Crippen molar-refractivity contribution in [2.45, 2.75) is 408 Å². The minimum Gasteiger partial charge on any atom is -0.462 e. The Morgan fingerprint density at radius 2 is 0.500 bits per heavy atom. The summed E-state index contributed by atoms with van der Waals surface area (Å²) in [4.78, 5) is 72.7. The van der Waals surface area contributed by atoms with Gasteiger partial charge in [0.05, 0.1) is 26.4 Å². The van der Waals surface area contributed by atoms with Gasteiger partial charge in [0.25, 0.3) is 0 Å². The van der Waals surface area contributed by atoms with Crippen LogP contribution in [-0.4, -0.2) is 96.7 Å². The van der Waals surface area contributed by atoms with Gasteiger partial charge >= 0.3 is 39.5 Å². The Hall–Kier alpha value is -1.94. The van der Waals surface area contributed by atoms with Crippen LogP contribution in [0.1, 0.15) is 389 Å². The predicted molar refractivity (Wildman–Crippen MR) is 391 cm³/mol. The zero-order valence-electron chi connectivity index (χ0n) is 63.0. The van der Waals surface area contributed by atoms with Crippen molar-refractivity contribution in [3.63, 3.8) is 0 Å². The zero-order chi connectivity index (χ0) is 71.0. The number of esters is 4. The number of phosphoric acid groups is 2. The summed E-state index contributed by atoms with van der Waals surface area (Å²) in [6, 6.07) is 0. The minimum absolute atomic E-state index is 0.106. The lowest BCUT2D eigenvalue weighted by Gasteiger charge is -2.21. The first-order valence-electron chi connectivity index (χ1n) is 39.7. The Kier molecular flexibility index (Phi) is 65.0. The van der Waals surface area contributed by atoms with Crippen molar-refractivity contribution < 1.29 is 80.2 Å². The van der Waals surface area contributed by atoms with Crippen molar-refractivity contribution in [3.8, 4) is 0 Å². The summed E-state index contributed by atoms with van der Waals surface area (Å²) < 4.78 is 68.4. The second-order valence-electron chi connectivity index (χ2n) is 29.4. The topological polar surface area (TPSA) is 237 Å². The third-order valence-corrected chi connectivity index (χ3v) is 20.1. The van der Waals surface area contributed by atoms with Gasteiger partial charge in [0.2, 0.25) is 0 Å². The molecule has 17 nitrogen and oxygen atoms in total. The van der Waals surface area contributed by atoms with Crippen LogP contribution < -0.4 is 0 Å². The lowest BCUT2D eigenvalue weighted by Crippen LogP contribution is -2.30. The molecule has 0 fully saturated rings. The Morgan fingerprint density at radius 1 is 0.292 bits per heavy atom. The number of hydrogen-bond acceptors (Lipinski definition) is 15. The van der Waals surface area contributed by atoms with E-state index in [4.69, 9.17) is 37.0 Å². The molecule has 0 aromatic heterocycles. The van der Waals surface area contributed by atoms with Gasteiger partial charge in [-0.3, -0.25) is 37.3 Å². The zero-order valence-corrected chi connectivity index (χ0v) is 64.8. The molecule has 19 heteroatoms. The maximum atomic E-state index is 13.1. The highest BCUT2D eigenvalue weighted by Crippen LogP contribution is 2.45. The number of phosphoric ester groups is 2. The molecular formula is C77H150O17P2. The largest absolute Gasteiger partial charge is 0.472 e. The highest BCUT2D eigenvalue weighted by Gasteiger charge is 2.30. The van der Waals surface area contributed by atoms with Crippen LogP contribution in [0, 0.1) is 23.7 Å². The van der Waals surface area contributed by atoms with E-state index in [0.717, 1.165) is 115 Å². The number of rotatable bonds is 74. The van der Waals surface area contributed by atoms with E-state index in [1.54, 1.807) is 0 Å². The van der Waals surface area contributed by atoms with Crippen molar-refractivity contribution in [2.24, 2.45) is 23.7 Å². The second-order valence-corrected chi connectivity index (χ2v) is 32.3. The van der Waals surface area contributed by atoms with E-state index >= 15 is 0 Å². The Morgan fingerprint density at radius 3 is 0.740 bits per heavy atom. The first-order chi connectivity index (χ1) is 46.1. The molecule has 0 rings (SSSR count). The van der Waals surface area contributed by atoms with Crippen molar-refractivity contribution in [2.75, 3.05) is 39.6 Å². The Bertz CT molecular complexity index is 1890. The molecule has 0 aliphatic carbocycles. The van der Waals surface area contributed by atoms with E-state index in [-0.39, 0.29) is 25.7 Å². The van der Waals surface area contributed by atoms with Crippen LogP contribution in [0.3, 0.4) is 0 Å². The molecule has 0 saturated heterocycles.